The van der Waals surface area contributed by atoms with E-state index in [2.05, 4.69) is 26.3 Å². The predicted molar refractivity (Wildman–Crippen MR) is 84.0 cm³/mol. The number of carbonyl (C=O) groups is 1. The lowest BCUT2D eigenvalue weighted by Crippen LogP contribution is -2.13. The zero-order valence-corrected chi connectivity index (χ0v) is 13.0. The lowest BCUT2D eigenvalue weighted by Gasteiger charge is -2.09. The number of anilines is 1. The van der Waals surface area contributed by atoms with Crippen molar-refractivity contribution in [3.05, 3.63) is 50.8 Å². The number of hydrogen-bond acceptors (Lipinski definition) is 6. The number of pyridine rings is 1. The van der Waals surface area contributed by atoms with E-state index >= 15 is 0 Å². The number of aromatic amines is 1. The smallest absolute Gasteiger partial charge is 0.290 e. The molecule has 8 nitrogen and oxygen atoms in total. The number of rotatable bonds is 3. The molecule has 0 bridgehead atoms. The van der Waals surface area contributed by atoms with Crippen molar-refractivity contribution in [1.82, 2.24) is 15.0 Å². The Labute approximate surface area is 132 Å². The fourth-order valence-corrected chi connectivity index (χ4v) is 2.00. The summed E-state index contributed by atoms with van der Waals surface area (Å²) in [6, 6.07) is 5.39. The molecule has 2 rings (SSSR count). The number of carboxylic acid groups (broad SMARTS) is 1. The van der Waals surface area contributed by atoms with Crippen molar-refractivity contribution in [2.24, 2.45) is 0 Å². The summed E-state index contributed by atoms with van der Waals surface area (Å²) in [6.07, 6.45) is 0. The molecule has 0 aromatic carbocycles. The lowest BCUT2D eigenvalue weighted by molar-refractivity contribution is -0.122. The van der Waals surface area contributed by atoms with Crippen LogP contribution in [0.2, 0.25) is 0 Å². The maximum absolute atomic E-state index is 11.3. The molecule has 120 valence electrons. The second-order valence-corrected chi connectivity index (χ2v) is 4.68. The van der Waals surface area contributed by atoms with Gasteiger partial charge in [-0.25, -0.2) is 9.97 Å². The summed E-state index contributed by atoms with van der Waals surface area (Å²) < 4.78 is 0. The van der Waals surface area contributed by atoms with Crippen LogP contribution in [0.25, 0.3) is 0 Å². The van der Waals surface area contributed by atoms with Gasteiger partial charge in [-0.05, 0) is 32.4 Å². The van der Waals surface area contributed by atoms with E-state index in [1.807, 2.05) is 13.0 Å². The van der Waals surface area contributed by atoms with Crippen molar-refractivity contribution in [2.75, 3.05) is 5.32 Å². The minimum absolute atomic E-state index is 0.172. The van der Waals surface area contributed by atoms with E-state index in [1.165, 1.54) is 6.07 Å². The summed E-state index contributed by atoms with van der Waals surface area (Å²) in [7, 11) is 0. The molecule has 0 saturated heterocycles. The Morgan fingerprint density at radius 1 is 1.35 bits per heavy atom. The quantitative estimate of drug-likeness (QED) is 0.727. The highest BCUT2D eigenvalue weighted by Gasteiger charge is 2.06. The number of nitrogens with one attached hydrogen (secondary N) is 2. The molecule has 3 N–H and O–H groups in total. The molecule has 2 aromatic heterocycles. The number of aryl methyl sites for hydroxylation is 3. The number of hydrogen-bond donors (Lipinski definition) is 3. The number of nitrogens with zero attached hydrogens (tertiary/aromatic N) is 3. The summed E-state index contributed by atoms with van der Waals surface area (Å²) in [6.45, 7) is 5.56. The van der Waals surface area contributed by atoms with Gasteiger partial charge in [0.2, 0.25) is 0 Å². The van der Waals surface area contributed by atoms with Crippen LogP contribution in [0.4, 0.5) is 5.82 Å². The van der Waals surface area contributed by atoms with Gasteiger partial charge in [0.05, 0.1) is 23.5 Å². The Morgan fingerprint density at radius 3 is 2.52 bits per heavy atom. The molecule has 0 fully saturated rings. The highest BCUT2D eigenvalue weighted by atomic mass is 16.3. The lowest BCUT2D eigenvalue weighted by atomic mass is 10.1. The fourth-order valence-electron chi connectivity index (χ4n) is 2.00. The van der Waals surface area contributed by atoms with E-state index in [1.54, 1.807) is 13.8 Å². The molecule has 0 radical (unpaired) electrons. The summed E-state index contributed by atoms with van der Waals surface area (Å²) in [5, 5.41) is 19.0. The van der Waals surface area contributed by atoms with Crippen molar-refractivity contribution in [3.63, 3.8) is 0 Å². The Morgan fingerprint density at radius 2 is 2.00 bits per heavy atom. The highest BCUT2D eigenvalue weighted by Crippen LogP contribution is 2.15. The van der Waals surface area contributed by atoms with Crippen LogP contribution in [0.15, 0.2) is 16.9 Å². The molecule has 0 unspecified atom stereocenters. The van der Waals surface area contributed by atoms with Crippen LogP contribution in [-0.2, 0) is 11.3 Å². The van der Waals surface area contributed by atoms with E-state index in [9.17, 15) is 4.79 Å². The average molecular weight is 315 g/mol. The third-order valence-electron chi connectivity index (χ3n) is 2.87. The van der Waals surface area contributed by atoms with Gasteiger partial charge >= 0.3 is 0 Å². The van der Waals surface area contributed by atoms with Crippen LogP contribution in [-0.4, -0.2) is 26.5 Å². The molecule has 0 amide bonds. The number of aromatic nitrogens is 3. The normalized spacial score (nSPS) is 9.30. The summed E-state index contributed by atoms with van der Waals surface area (Å²) in [4.78, 5) is 30.8. The minimum atomic E-state index is -0.250. The summed E-state index contributed by atoms with van der Waals surface area (Å²) in [5.41, 5.74) is 2.63. The number of H-pyrrole nitrogens is 1. The van der Waals surface area contributed by atoms with Gasteiger partial charge < -0.3 is 15.4 Å². The molecule has 8 heteroatoms. The summed E-state index contributed by atoms with van der Waals surface area (Å²) >= 11 is 0. The van der Waals surface area contributed by atoms with Gasteiger partial charge in [-0.2, -0.15) is 5.26 Å². The maximum atomic E-state index is 11.3. The Hall–Kier alpha value is -3.21. The first-order chi connectivity index (χ1) is 10.9. The summed E-state index contributed by atoms with van der Waals surface area (Å²) in [5.74, 6) is 1.24. The maximum Gasteiger partial charge on any atom is 0.290 e. The van der Waals surface area contributed by atoms with Crippen LogP contribution in [0.3, 0.4) is 0 Å². The monoisotopic (exact) mass is 315 g/mol. The first kappa shape index (κ1) is 17.8. The van der Waals surface area contributed by atoms with E-state index in [4.69, 9.17) is 15.2 Å². The fraction of sp³-hybridized carbons (Fsp3) is 0.267. The van der Waals surface area contributed by atoms with Gasteiger partial charge in [0.25, 0.3) is 12.0 Å². The van der Waals surface area contributed by atoms with Gasteiger partial charge in [0.15, 0.2) is 0 Å². The van der Waals surface area contributed by atoms with E-state index in [0.717, 1.165) is 5.56 Å². The Kier molecular flexibility index (Phi) is 6.43. The second kappa shape index (κ2) is 8.29. The average Bonchev–Trinajstić information content (AvgIpc) is 2.45. The predicted octanol–water partition coefficient (Wildman–Crippen LogP) is 1.27. The van der Waals surface area contributed by atoms with Crippen molar-refractivity contribution in [2.45, 2.75) is 27.3 Å². The standard InChI is InChI=1S/C14H15N5O.CH2O2/c1-8-4-13(17-9(2)12(8)6-15)16-7-11-5-14(20)19-10(3)18-11;2-1-3/h4-5H,7H2,1-3H3,(H,16,17)(H,18,19,20);1H,(H,2,3). The minimum Gasteiger partial charge on any atom is -0.483 e. The molecule has 23 heavy (non-hydrogen) atoms. The Bertz CT molecular complexity index is 769. The highest BCUT2D eigenvalue weighted by molar-refractivity contribution is 5.48. The largest absolute Gasteiger partial charge is 0.483 e. The molecule has 0 aliphatic rings. The van der Waals surface area contributed by atoms with E-state index < -0.39 is 0 Å². The number of nitriles is 1. The first-order valence-electron chi connectivity index (χ1n) is 6.68. The van der Waals surface area contributed by atoms with Crippen molar-refractivity contribution >= 4 is 12.3 Å². The Balaban J connectivity index is 0.000000816. The first-order valence-corrected chi connectivity index (χ1v) is 6.68. The van der Waals surface area contributed by atoms with Gasteiger partial charge in [0, 0.05) is 6.07 Å². The molecule has 2 aromatic rings. The third kappa shape index (κ3) is 5.24. The third-order valence-corrected chi connectivity index (χ3v) is 2.87. The van der Waals surface area contributed by atoms with Gasteiger partial charge in [-0.1, -0.05) is 0 Å². The van der Waals surface area contributed by atoms with Crippen LogP contribution in [0.5, 0.6) is 0 Å². The van der Waals surface area contributed by atoms with Crippen LogP contribution >= 0.6 is 0 Å². The molecule has 0 aliphatic carbocycles. The van der Waals surface area contributed by atoms with Crippen molar-refractivity contribution in [3.8, 4) is 6.07 Å². The van der Waals surface area contributed by atoms with Crippen molar-refractivity contribution < 1.29 is 9.90 Å². The van der Waals surface area contributed by atoms with Gasteiger partial charge in [0.1, 0.15) is 17.7 Å². The van der Waals surface area contributed by atoms with Crippen LogP contribution < -0.4 is 10.9 Å². The second-order valence-electron chi connectivity index (χ2n) is 4.68. The SMILES string of the molecule is Cc1nc(CNc2cc(C)c(C#N)c(C)n2)cc(=O)[nH]1.O=CO. The molecule has 2 heterocycles. The zero-order valence-electron chi connectivity index (χ0n) is 13.0. The molecule has 0 saturated carbocycles. The van der Waals surface area contributed by atoms with Crippen LogP contribution in [0, 0.1) is 32.1 Å². The van der Waals surface area contributed by atoms with Crippen LogP contribution in [0.1, 0.15) is 28.3 Å². The molecular formula is C15H17N5O3. The topological polar surface area (TPSA) is 132 Å². The zero-order chi connectivity index (χ0) is 17.4. The molecule has 0 aliphatic heterocycles. The molecule has 0 atom stereocenters. The van der Waals surface area contributed by atoms with E-state index in [0.29, 0.717) is 35.1 Å². The molecule has 0 spiro atoms. The van der Waals surface area contributed by atoms with E-state index in [-0.39, 0.29) is 12.0 Å². The van der Waals surface area contributed by atoms with Crippen molar-refractivity contribution in [1.29, 1.82) is 5.26 Å². The van der Waals surface area contributed by atoms with Gasteiger partial charge in [-0.3, -0.25) is 9.59 Å². The molecular weight excluding hydrogens is 298 g/mol. The van der Waals surface area contributed by atoms with Gasteiger partial charge in [-0.15, -0.1) is 0 Å².